The Labute approximate surface area is 115 Å². The van der Waals surface area contributed by atoms with Gasteiger partial charge in [0.15, 0.2) is 0 Å². The second-order valence-electron chi connectivity index (χ2n) is 4.83. The van der Waals surface area contributed by atoms with E-state index in [2.05, 4.69) is 13.8 Å². The number of aliphatic hydroxyl groups is 1. The van der Waals surface area contributed by atoms with Crippen LogP contribution in [0.25, 0.3) is 0 Å². The zero-order chi connectivity index (χ0) is 14.4. The summed E-state index contributed by atoms with van der Waals surface area (Å²) in [7, 11) is 1.64. The summed E-state index contributed by atoms with van der Waals surface area (Å²) in [6.07, 6.45) is 0.279. The number of rotatable bonds is 7. The van der Waals surface area contributed by atoms with Crippen LogP contribution in [0.2, 0.25) is 0 Å². The first kappa shape index (κ1) is 15.9. The zero-order valence-electron chi connectivity index (χ0n) is 12.2. The molecular weight excluding hydrogens is 245 g/mol. The number of nitrogens with zero attached hydrogens (tertiary/aromatic N) is 1. The Balaban J connectivity index is 3.01. The molecule has 2 atom stereocenters. The van der Waals surface area contributed by atoms with Crippen LogP contribution in [-0.2, 0) is 4.74 Å². The van der Waals surface area contributed by atoms with E-state index >= 15 is 0 Å². The molecule has 0 amide bonds. The Morgan fingerprint density at radius 3 is 2.53 bits per heavy atom. The van der Waals surface area contributed by atoms with Gasteiger partial charge in [-0.2, -0.15) is 0 Å². The van der Waals surface area contributed by atoms with Gasteiger partial charge in [0.2, 0.25) is 0 Å². The molecule has 0 aliphatic rings. The molecule has 1 aromatic carbocycles. The van der Waals surface area contributed by atoms with Crippen molar-refractivity contribution in [3.05, 3.63) is 29.6 Å². The average molecular weight is 269 g/mol. The van der Waals surface area contributed by atoms with Crippen LogP contribution in [0.3, 0.4) is 0 Å². The Morgan fingerprint density at radius 1 is 1.37 bits per heavy atom. The summed E-state index contributed by atoms with van der Waals surface area (Å²) in [5.41, 5.74) is 1.16. The summed E-state index contributed by atoms with van der Waals surface area (Å²) in [4.78, 5) is 2.00. The molecule has 0 saturated heterocycles. The summed E-state index contributed by atoms with van der Waals surface area (Å²) in [6, 6.07) is 5.15. The van der Waals surface area contributed by atoms with Gasteiger partial charge in [-0.05, 0) is 38.0 Å². The molecule has 0 fully saturated rings. The van der Waals surface area contributed by atoms with Crippen molar-refractivity contribution in [1.82, 2.24) is 0 Å². The minimum atomic E-state index is -0.653. The lowest BCUT2D eigenvalue weighted by Crippen LogP contribution is -2.36. The highest BCUT2D eigenvalue weighted by Crippen LogP contribution is 2.25. The van der Waals surface area contributed by atoms with Crippen molar-refractivity contribution < 1.29 is 14.2 Å². The molecule has 108 valence electrons. The minimum Gasteiger partial charge on any atom is -0.389 e. The number of anilines is 1. The molecule has 1 rings (SSSR count). The molecule has 0 aromatic heterocycles. The largest absolute Gasteiger partial charge is 0.389 e. The molecule has 0 saturated carbocycles. The van der Waals surface area contributed by atoms with E-state index in [1.165, 1.54) is 6.07 Å². The number of hydrogen-bond donors (Lipinski definition) is 1. The summed E-state index contributed by atoms with van der Waals surface area (Å²) < 4.78 is 19.3. The van der Waals surface area contributed by atoms with E-state index in [-0.39, 0.29) is 11.9 Å². The highest BCUT2D eigenvalue weighted by molar-refractivity contribution is 5.50. The molecule has 0 radical (unpaired) electrons. The van der Waals surface area contributed by atoms with Gasteiger partial charge in [-0.1, -0.05) is 13.0 Å². The molecule has 19 heavy (non-hydrogen) atoms. The van der Waals surface area contributed by atoms with E-state index in [0.717, 1.165) is 6.42 Å². The zero-order valence-corrected chi connectivity index (χ0v) is 12.2. The van der Waals surface area contributed by atoms with Crippen LogP contribution in [0, 0.1) is 5.82 Å². The van der Waals surface area contributed by atoms with Crippen molar-refractivity contribution in [2.45, 2.75) is 39.3 Å². The predicted octanol–water partition coefficient (Wildman–Crippen LogP) is 3.13. The molecule has 1 N–H and O–H groups in total. The number of ether oxygens (including phenoxy) is 1. The van der Waals surface area contributed by atoms with E-state index in [9.17, 15) is 9.50 Å². The third-order valence-electron chi connectivity index (χ3n) is 3.42. The number of aliphatic hydroxyl groups excluding tert-OH is 1. The van der Waals surface area contributed by atoms with Gasteiger partial charge in [0, 0.05) is 19.7 Å². The Kier molecular flexibility index (Phi) is 6.25. The first-order valence-electron chi connectivity index (χ1n) is 6.74. The van der Waals surface area contributed by atoms with Gasteiger partial charge >= 0.3 is 0 Å². The lowest BCUT2D eigenvalue weighted by atomic mass is 10.1. The topological polar surface area (TPSA) is 32.7 Å². The van der Waals surface area contributed by atoms with Crippen LogP contribution in [-0.4, -0.2) is 31.4 Å². The summed E-state index contributed by atoms with van der Waals surface area (Å²) in [5, 5.41) is 9.47. The van der Waals surface area contributed by atoms with Gasteiger partial charge in [0.05, 0.1) is 18.4 Å². The lowest BCUT2D eigenvalue weighted by molar-refractivity contribution is 0.198. The third kappa shape index (κ3) is 4.18. The van der Waals surface area contributed by atoms with Gasteiger partial charge < -0.3 is 14.7 Å². The molecule has 0 aliphatic carbocycles. The summed E-state index contributed by atoms with van der Waals surface area (Å²) >= 11 is 0. The molecule has 0 heterocycles. The highest BCUT2D eigenvalue weighted by Gasteiger charge is 2.17. The minimum absolute atomic E-state index is 0.238. The van der Waals surface area contributed by atoms with Crippen molar-refractivity contribution in [2.24, 2.45) is 0 Å². The molecule has 3 nitrogen and oxygen atoms in total. The quantitative estimate of drug-likeness (QED) is 0.825. The maximum atomic E-state index is 14.2. The monoisotopic (exact) mass is 269 g/mol. The smallest absolute Gasteiger partial charge is 0.146 e. The molecule has 0 spiro atoms. The summed E-state index contributed by atoms with van der Waals surface area (Å²) in [5.74, 6) is -0.296. The lowest BCUT2D eigenvalue weighted by Gasteiger charge is -2.31. The van der Waals surface area contributed by atoms with Gasteiger partial charge in [-0.15, -0.1) is 0 Å². The Bertz CT molecular complexity index is 396. The van der Waals surface area contributed by atoms with Gasteiger partial charge in [-0.3, -0.25) is 0 Å². The van der Waals surface area contributed by atoms with Gasteiger partial charge in [0.25, 0.3) is 0 Å². The van der Waals surface area contributed by atoms with Crippen LogP contribution < -0.4 is 4.90 Å². The first-order valence-corrected chi connectivity index (χ1v) is 6.74. The maximum Gasteiger partial charge on any atom is 0.146 e. The van der Waals surface area contributed by atoms with Crippen molar-refractivity contribution in [3.63, 3.8) is 0 Å². The number of hydrogen-bond acceptors (Lipinski definition) is 3. The fourth-order valence-corrected chi connectivity index (χ4v) is 2.00. The molecular formula is C15H24FNO2. The first-order chi connectivity index (χ1) is 9.01. The number of halogens is 1. The van der Waals surface area contributed by atoms with E-state index in [0.29, 0.717) is 24.4 Å². The Hall–Kier alpha value is -1.13. The van der Waals surface area contributed by atoms with Crippen molar-refractivity contribution >= 4 is 5.69 Å². The van der Waals surface area contributed by atoms with Crippen LogP contribution >= 0.6 is 0 Å². The van der Waals surface area contributed by atoms with E-state index in [1.807, 2.05) is 4.90 Å². The molecule has 0 bridgehead atoms. The maximum absolute atomic E-state index is 14.2. The molecule has 4 heteroatoms. The highest BCUT2D eigenvalue weighted by atomic mass is 19.1. The van der Waals surface area contributed by atoms with Crippen LogP contribution in [0.5, 0.6) is 0 Å². The van der Waals surface area contributed by atoms with Crippen LogP contribution in [0.15, 0.2) is 18.2 Å². The Morgan fingerprint density at radius 2 is 2.05 bits per heavy atom. The normalized spacial score (nSPS) is 14.2. The van der Waals surface area contributed by atoms with Crippen LogP contribution in [0.4, 0.5) is 10.1 Å². The second-order valence-corrected chi connectivity index (χ2v) is 4.83. The molecule has 1 unspecified atom stereocenters. The van der Waals surface area contributed by atoms with Gasteiger partial charge in [0.1, 0.15) is 5.82 Å². The summed E-state index contributed by atoms with van der Waals surface area (Å²) in [6.45, 7) is 6.98. The average Bonchev–Trinajstić information content (AvgIpc) is 2.39. The second kappa shape index (κ2) is 7.46. The predicted molar refractivity (Wildman–Crippen MR) is 76.0 cm³/mol. The van der Waals surface area contributed by atoms with E-state index in [4.69, 9.17) is 4.74 Å². The fourth-order valence-electron chi connectivity index (χ4n) is 2.00. The van der Waals surface area contributed by atoms with Crippen LogP contribution in [0.1, 0.15) is 38.9 Å². The van der Waals surface area contributed by atoms with Gasteiger partial charge in [-0.25, -0.2) is 4.39 Å². The molecule has 0 aliphatic heterocycles. The molecule has 1 aromatic rings. The van der Waals surface area contributed by atoms with Crippen molar-refractivity contribution in [1.29, 1.82) is 0 Å². The third-order valence-corrected chi connectivity index (χ3v) is 3.42. The van der Waals surface area contributed by atoms with Crippen molar-refractivity contribution in [2.75, 3.05) is 25.2 Å². The number of methoxy groups -OCH3 is 1. The van der Waals surface area contributed by atoms with E-state index < -0.39 is 6.10 Å². The van der Waals surface area contributed by atoms with Crippen molar-refractivity contribution in [3.8, 4) is 0 Å². The number of benzene rings is 1. The SMILES string of the molecule is CCC(C)N(CCOC)c1ccc([C@H](C)O)cc1F. The standard InChI is InChI=1S/C15H24FNO2/c1-5-11(2)17(8-9-19-4)15-7-6-13(12(3)18)10-14(15)16/h6-7,10-12,18H,5,8-9H2,1-4H3/t11?,12-/m0/s1. The van der Waals surface area contributed by atoms with E-state index in [1.54, 1.807) is 26.2 Å². The fraction of sp³-hybridized carbons (Fsp3) is 0.600.